The van der Waals surface area contributed by atoms with E-state index in [2.05, 4.69) is 10.2 Å². The molecule has 30 heavy (non-hydrogen) atoms. The van der Waals surface area contributed by atoms with Crippen molar-refractivity contribution in [2.75, 3.05) is 46.9 Å². The van der Waals surface area contributed by atoms with Crippen molar-refractivity contribution in [1.29, 1.82) is 0 Å². The van der Waals surface area contributed by atoms with E-state index < -0.39 is 10.0 Å². The summed E-state index contributed by atoms with van der Waals surface area (Å²) in [5.41, 5.74) is 0.508. The van der Waals surface area contributed by atoms with Gasteiger partial charge in [-0.3, -0.25) is 4.79 Å². The van der Waals surface area contributed by atoms with Crippen LogP contribution in [0.5, 0.6) is 5.75 Å². The van der Waals surface area contributed by atoms with Gasteiger partial charge in [0.2, 0.25) is 10.0 Å². The minimum Gasteiger partial charge on any atom is -0.497 e. The van der Waals surface area contributed by atoms with E-state index in [1.165, 1.54) is 0 Å². The summed E-state index contributed by atoms with van der Waals surface area (Å²) in [6, 6.07) is 15.6. The number of sulfonamides is 1. The summed E-state index contributed by atoms with van der Waals surface area (Å²) in [6.45, 7) is 3.14. The van der Waals surface area contributed by atoms with Crippen molar-refractivity contribution in [3.05, 3.63) is 60.2 Å². The lowest BCUT2D eigenvalue weighted by molar-refractivity contribution is 0.0400. The Kier molecular flexibility index (Phi) is 5.57. The standard InChI is InChI=1S/C22H27N3O4S/c1-24-13-18(12-23-21(26)17-6-4-3-5-7-17)22(14-24)15-25(16-22)30(27,28)20-10-8-19(29-2)9-11-20/h3-11,18H,12-16H2,1-2H3,(H,23,26). The van der Waals surface area contributed by atoms with Crippen LogP contribution < -0.4 is 10.1 Å². The van der Waals surface area contributed by atoms with Crippen LogP contribution in [0.4, 0.5) is 0 Å². The molecule has 7 nitrogen and oxygen atoms in total. The van der Waals surface area contributed by atoms with Crippen molar-refractivity contribution in [2.45, 2.75) is 4.90 Å². The number of hydrogen-bond acceptors (Lipinski definition) is 5. The first-order valence-electron chi connectivity index (χ1n) is 10.0. The topological polar surface area (TPSA) is 79.0 Å². The average molecular weight is 430 g/mol. The highest BCUT2D eigenvalue weighted by Crippen LogP contribution is 2.45. The Hall–Kier alpha value is -2.42. The number of methoxy groups -OCH3 is 1. The third-order valence-corrected chi connectivity index (χ3v) is 8.01. The van der Waals surface area contributed by atoms with Gasteiger partial charge in [-0.25, -0.2) is 8.42 Å². The lowest BCUT2D eigenvalue weighted by atomic mass is 9.73. The van der Waals surface area contributed by atoms with E-state index in [9.17, 15) is 13.2 Å². The zero-order valence-corrected chi connectivity index (χ0v) is 18.1. The molecule has 160 valence electrons. The first-order chi connectivity index (χ1) is 14.3. The molecule has 1 amide bonds. The number of likely N-dealkylation sites (tertiary alicyclic amines) is 1. The van der Waals surface area contributed by atoms with E-state index >= 15 is 0 Å². The molecule has 1 N–H and O–H groups in total. The molecule has 2 aromatic carbocycles. The predicted octanol–water partition coefficient (Wildman–Crippen LogP) is 1.68. The van der Waals surface area contributed by atoms with E-state index in [0.717, 1.165) is 13.1 Å². The van der Waals surface area contributed by atoms with Crippen molar-refractivity contribution < 1.29 is 17.9 Å². The Morgan fingerprint density at radius 2 is 1.77 bits per heavy atom. The third-order valence-electron chi connectivity index (χ3n) is 6.21. The normalized spacial score (nSPS) is 21.3. The molecule has 2 aliphatic heterocycles. The molecule has 0 aliphatic carbocycles. The maximum absolute atomic E-state index is 13.0. The van der Waals surface area contributed by atoms with Crippen LogP contribution in [0.1, 0.15) is 10.4 Å². The summed E-state index contributed by atoms with van der Waals surface area (Å²) in [6.07, 6.45) is 0. The number of carbonyl (C=O) groups is 1. The Morgan fingerprint density at radius 3 is 2.40 bits per heavy atom. The lowest BCUT2D eigenvalue weighted by Gasteiger charge is -2.50. The zero-order valence-electron chi connectivity index (χ0n) is 17.2. The van der Waals surface area contributed by atoms with Gasteiger partial charge in [0.15, 0.2) is 0 Å². The van der Waals surface area contributed by atoms with Gasteiger partial charge in [-0.2, -0.15) is 4.31 Å². The average Bonchev–Trinajstić information content (AvgIpc) is 3.08. The van der Waals surface area contributed by atoms with E-state index in [1.54, 1.807) is 47.8 Å². The van der Waals surface area contributed by atoms with E-state index in [0.29, 0.717) is 30.9 Å². The molecular weight excluding hydrogens is 402 g/mol. The Balaban J connectivity index is 1.42. The second-order valence-corrected chi connectivity index (χ2v) is 10.2. The highest BCUT2D eigenvalue weighted by atomic mass is 32.2. The van der Waals surface area contributed by atoms with Crippen molar-refractivity contribution in [3.8, 4) is 5.75 Å². The van der Waals surface area contributed by atoms with Crippen LogP contribution in [0.25, 0.3) is 0 Å². The monoisotopic (exact) mass is 429 g/mol. The SMILES string of the molecule is COc1ccc(S(=O)(=O)N2CC3(CN(C)CC3CNC(=O)c3ccccc3)C2)cc1. The quantitative estimate of drug-likeness (QED) is 0.756. The molecule has 2 fully saturated rings. The molecule has 1 spiro atoms. The van der Waals surface area contributed by atoms with Crippen molar-refractivity contribution in [1.82, 2.24) is 14.5 Å². The van der Waals surface area contributed by atoms with Crippen molar-refractivity contribution in [3.63, 3.8) is 0 Å². The maximum Gasteiger partial charge on any atom is 0.251 e. The van der Waals surface area contributed by atoms with Crippen LogP contribution in [0.2, 0.25) is 0 Å². The molecule has 0 aromatic heterocycles. The Labute approximate surface area is 177 Å². The highest BCUT2D eigenvalue weighted by Gasteiger charge is 2.56. The molecule has 0 bridgehead atoms. The fourth-order valence-corrected chi connectivity index (χ4v) is 6.20. The molecule has 2 aromatic rings. The Bertz CT molecular complexity index is 1000. The number of carbonyl (C=O) groups excluding carboxylic acids is 1. The summed E-state index contributed by atoms with van der Waals surface area (Å²) in [4.78, 5) is 14.9. The molecule has 0 radical (unpaired) electrons. The zero-order chi connectivity index (χ0) is 21.4. The van der Waals surface area contributed by atoms with Gasteiger partial charge in [0.25, 0.3) is 5.91 Å². The molecule has 2 aliphatic rings. The highest BCUT2D eigenvalue weighted by molar-refractivity contribution is 7.89. The van der Waals surface area contributed by atoms with Gasteiger partial charge < -0.3 is 15.0 Å². The number of hydrogen-bond donors (Lipinski definition) is 1. The van der Waals surface area contributed by atoms with Crippen LogP contribution in [-0.2, 0) is 10.0 Å². The minimum absolute atomic E-state index is 0.0951. The minimum atomic E-state index is -3.53. The number of amides is 1. The molecule has 2 heterocycles. The molecular formula is C22H27N3O4S. The van der Waals surface area contributed by atoms with Gasteiger partial charge >= 0.3 is 0 Å². The van der Waals surface area contributed by atoms with Gasteiger partial charge in [-0.1, -0.05) is 18.2 Å². The van der Waals surface area contributed by atoms with Crippen LogP contribution in [0, 0.1) is 11.3 Å². The number of benzene rings is 2. The van der Waals surface area contributed by atoms with Gasteiger partial charge in [0.1, 0.15) is 5.75 Å². The fourth-order valence-electron chi connectivity index (χ4n) is 4.57. The number of rotatable bonds is 6. The van der Waals surface area contributed by atoms with Crippen LogP contribution in [-0.4, -0.2) is 70.4 Å². The van der Waals surface area contributed by atoms with Gasteiger partial charge in [0.05, 0.1) is 12.0 Å². The summed E-state index contributed by atoms with van der Waals surface area (Å²) in [5, 5.41) is 3.04. The van der Waals surface area contributed by atoms with Crippen LogP contribution >= 0.6 is 0 Å². The van der Waals surface area contributed by atoms with Crippen molar-refractivity contribution in [2.24, 2.45) is 11.3 Å². The summed E-state index contributed by atoms with van der Waals surface area (Å²) < 4.78 is 32.6. The van der Waals surface area contributed by atoms with E-state index in [4.69, 9.17) is 4.74 Å². The number of ether oxygens (including phenoxy) is 1. The fraction of sp³-hybridized carbons (Fsp3) is 0.409. The van der Waals surface area contributed by atoms with E-state index in [1.807, 2.05) is 25.2 Å². The summed E-state index contributed by atoms with van der Waals surface area (Å²) in [7, 11) is 0.0607. The lowest BCUT2D eigenvalue weighted by Crippen LogP contribution is -2.63. The van der Waals surface area contributed by atoms with Crippen molar-refractivity contribution >= 4 is 15.9 Å². The summed E-state index contributed by atoms with van der Waals surface area (Å²) >= 11 is 0. The molecule has 8 heteroatoms. The summed E-state index contributed by atoms with van der Waals surface area (Å²) in [5.74, 6) is 0.737. The Morgan fingerprint density at radius 1 is 1.10 bits per heavy atom. The largest absolute Gasteiger partial charge is 0.497 e. The number of nitrogens with zero attached hydrogens (tertiary/aromatic N) is 2. The molecule has 2 saturated heterocycles. The van der Waals surface area contributed by atoms with Crippen LogP contribution in [0.15, 0.2) is 59.5 Å². The molecule has 0 saturated carbocycles. The molecule has 1 atom stereocenters. The van der Waals surface area contributed by atoms with Gasteiger partial charge in [-0.05, 0) is 49.4 Å². The third kappa shape index (κ3) is 3.82. The first-order valence-corrected chi connectivity index (χ1v) is 11.4. The second kappa shape index (κ2) is 8.02. The second-order valence-electron chi connectivity index (χ2n) is 8.28. The molecule has 1 unspecified atom stereocenters. The molecule has 4 rings (SSSR count). The van der Waals surface area contributed by atoms with Gasteiger partial charge in [-0.15, -0.1) is 0 Å². The first kappa shape index (κ1) is 20.8. The van der Waals surface area contributed by atoms with E-state index in [-0.39, 0.29) is 22.1 Å². The maximum atomic E-state index is 13.0. The number of nitrogens with one attached hydrogen (secondary N) is 1. The smallest absolute Gasteiger partial charge is 0.251 e. The predicted molar refractivity (Wildman–Crippen MR) is 114 cm³/mol. The van der Waals surface area contributed by atoms with Gasteiger partial charge in [0, 0.05) is 43.7 Å². The van der Waals surface area contributed by atoms with Crippen LogP contribution in [0.3, 0.4) is 0 Å².